The Bertz CT molecular complexity index is 780. The topological polar surface area (TPSA) is 71.1 Å². The van der Waals surface area contributed by atoms with Gasteiger partial charge < -0.3 is 19.7 Å². The van der Waals surface area contributed by atoms with E-state index in [2.05, 4.69) is 31.0 Å². The van der Waals surface area contributed by atoms with Crippen LogP contribution in [0.1, 0.15) is 50.4 Å². The fourth-order valence-electron chi connectivity index (χ4n) is 4.11. The predicted molar refractivity (Wildman–Crippen MR) is 122 cm³/mol. The molecule has 0 bridgehead atoms. The fraction of sp³-hybridized carbons (Fsp3) is 0.667. The number of nitrogens with one attached hydrogen (secondary N) is 1. The van der Waals surface area contributed by atoms with Crippen LogP contribution < -0.4 is 10.1 Å². The molecule has 1 heterocycles. The van der Waals surface area contributed by atoms with Gasteiger partial charge in [-0.15, -0.1) is 0 Å². The second-order valence-corrected chi connectivity index (χ2v) is 9.07. The van der Waals surface area contributed by atoms with Gasteiger partial charge in [0, 0.05) is 51.0 Å². The number of carbonyl (C=O) groups is 2. The van der Waals surface area contributed by atoms with Gasteiger partial charge in [-0.3, -0.25) is 14.5 Å². The summed E-state index contributed by atoms with van der Waals surface area (Å²) >= 11 is 0. The molecule has 1 fully saturated rings. The maximum Gasteiger partial charge on any atom is 0.257 e. The van der Waals surface area contributed by atoms with E-state index < -0.39 is 0 Å². The zero-order valence-electron chi connectivity index (χ0n) is 19.5. The molecule has 0 aromatic heterocycles. The molecular weight excluding hydrogens is 394 g/mol. The summed E-state index contributed by atoms with van der Waals surface area (Å²) in [5, 5.41) is 2.95. The highest BCUT2D eigenvalue weighted by Crippen LogP contribution is 2.32. The van der Waals surface area contributed by atoms with E-state index in [1.165, 1.54) is 0 Å². The van der Waals surface area contributed by atoms with Crippen molar-refractivity contribution in [1.82, 2.24) is 9.80 Å². The third-order valence-electron chi connectivity index (χ3n) is 6.30. The molecule has 0 radical (unpaired) electrons. The Labute approximate surface area is 186 Å². The SMILES string of the molecule is CCCN1C[C@H](C)[C@@H](OC)CN(C)C(=O)c2ccc(NC(=O)C3CC3)cc2OC[C@H]1C. The standard InChI is InChI=1S/C24H37N3O4/c1-6-11-27-13-16(2)22(30-5)14-26(4)24(29)20-10-9-19(25-23(28)18-7-8-18)12-21(20)31-15-17(27)3/h9-10,12,16-18,22H,6-8,11,13-15H2,1-5H3,(H,25,28)/t16-,17+,22-/m0/s1. The second-order valence-electron chi connectivity index (χ2n) is 9.07. The van der Waals surface area contributed by atoms with Gasteiger partial charge in [-0.05, 0) is 50.8 Å². The van der Waals surface area contributed by atoms with Crippen LogP contribution >= 0.6 is 0 Å². The normalized spacial score (nSPS) is 25.8. The summed E-state index contributed by atoms with van der Waals surface area (Å²) in [6.07, 6.45) is 2.89. The van der Waals surface area contributed by atoms with E-state index in [-0.39, 0.29) is 35.8 Å². The molecule has 1 N–H and O–H groups in total. The Balaban J connectivity index is 1.89. The lowest BCUT2D eigenvalue weighted by Gasteiger charge is -2.35. The molecule has 2 aliphatic rings. The maximum atomic E-state index is 13.2. The molecule has 172 valence electrons. The van der Waals surface area contributed by atoms with Crippen molar-refractivity contribution in [2.45, 2.75) is 52.2 Å². The van der Waals surface area contributed by atoms with Crippen molar-refractivity contribution in [1.29, 1.82) is 0 Å². The number of fused-ring (bicyclic) bond motifs is 1. The molecule has 1 aromatic rings. The number of amides is 2. The minimum absolute atomic E-state index is 0.0379. The summed E-state index contributed by atoms with van der Waals surface area (Å²) < 4.78 is 12.0. The summed E-state index contributed by atoms with van der Waals surface area (Å²) in [6.45, 7) is 9.34. The molecule has 3 atom stereocenters. The number of rotatable bonds is 5. The molecule has 31 heavy (non-hydrogen) atoms. The lowest BCUT2D eigenvalue weighted by molar-refractivity contribution is -0.117. The highest BCUT2D eigenvalue weighted by molar-refractivity contribution is 5.99. The number of hydrogen-bond donors (Lipinski definition) is 1. The minimum atomic E-state index is -0.108. The van der Waals surface area contributed by atoms with Gasteiger partial charge in [0.15, 0.2) is 0 Å². The Morgan fingerprint density at radius 3 is 2.65 bits per heavy atom. The van der Waals surface area contributed by atoms with Crippen LogP contribution in [0.25, 0.3) is 0 Å². The van der Waals surface area contributed by atoms with Crippen molar-refractivity contribution >= 4 is 17.5 Å². The van der Waals surface area contributed by atoms with Crippen molar-refractivity contribution in [3.63, 3.8) is 0 Å². The molecule has 1 saturated carbocycles. The monoisotopic (exact) mass is 431 g/mol. The number of hydrogen-bond acceptors (Lipinski definition) is 5. The number of likely N-dealkylation sites (N-methyl/N-ethyl adjacent to an activating group) is 1. The van der Waals surface area contributed by atoms with Gasteiger partial charge in [-0.25, -0.2) is 0 Å². The number of carbonyl (C=O) groups excluding carboxylic acids is 2. The van der Waals surface area contributed by atoms with Crippen LogP contribution in [0, 0.1) is 11.8 Å². The summed E-state index contributed by atoms with van der Waals surface area (Å²) in [6, 6.07) is 5.50. The van der Waals surface area contributed by atoms with Crippen molar-refractivity contribution < 1.29 is 19.1 Å². The van der Waals surface area contributed by atoms with Crippen LogP contribution in [0.4, 0.5) is 5.69 Å². The van der Waals surface area contributed by atoms with Gasteiger partial charge >= 0.3 is 0 Å². The van der Waals surface area contributed by atoms with E-state index in [4.69, 9.17) is 9.47 Å². The van der Waals surface area contributed by atoms with Crippen LogP contribution in [-0.2, 0) is 9.53 Å². The van der Waals surface area contributed by atoms with E-state index in [1.807, 2.05) is 0 Å². The summed E-state index contributed by atoms with van der Waals surface area (Å²) in [4.78, 5) is 29.5. The number of nitrogens with zero attached hydrogens (tertiary/aromatic N) is 2. The summed E-state index contributed by atoms with van der Waals surface area (Å²) in [5.41, 5.74) is 1.17. The van der Waals surface area contributed by atoms with Gasteiger partial charge in [0.05, 0.1) is 11.7 Å². The van der Waals surface area contributed by atoms with E-state index in [1.54, 1.807) is 37.3 Å². The van der Waals surface area contributed by atoms with Crippen molar-refractivity contribution in [2.24, 2.45) is 11.8 Å². The molecule has 1 aliphatic carbocycles. The van der Waals surface area contributed by atoms with Crippen LogP contribution in [0.15, 0.2) is 18.2 Å². The molecule has 1 aliphatic heterocycles. The molecule has 7 nitrogen and oxygen atoms in total. The first-order valence-corrected chi connectivity index (χ1v) is 11.4. The number of ether oxygens (including phenoxy) is 2. The van der Waals surface area contributed by atoms with Crippen molar-refractivity contribution in [3.05, 3.63) is 23.8 Å². The highest BCUT2D eigenvalue weighted by Gasteiger charge is 2.31. The molecule has 0 spiro atoms. The fourth-order valence-corrected chi connectivity index (χ4v) is 4.11. The van der Waals surface area contributed by atoms with E-state index >= 15 is 0 Å². The molecule has 1 aromatic carbocycles. The lowest BCUT2D eigenvalue weighted by atomic mass is 10.0. The third-order valence-corrected chi connectivity index (χ3v) is 6.30. The highest BCUT2D eigenvalue weighted by atomic mass is 16.5. The number of benzene rings is 1. The Kier molecular flexibility index (Phi) is 7.94. The average Bonchev–Trinajstić information content (AvgIpc) is 3.59. The van der Waals surface area contributed by atoms with Gasteiger partial charge in [0.2, 0.25) is 5.91 Å². The van der Waals surface area contributed by atoms with Gasteiger partial charge in [-0.2, -0.15) is 0 Å². The zero-order valence-corrected chi connectivity index (χ0v) is 19.5. The second kappa shape index (κ2) is 10.5. The third kappa shape index (κ3) is 5.98. The first kappa shape index (κ1) is 23.5. The smallest absolute Gasteiger partial charge is 0.257 e. The summed E-state index contributed by atoms with van der Waals surface area (Å²) in [7, 11) is 3.51. The molecule has 0 unspecified atom stereocenters. The molecular formula is C24H37N3O4. The number of anilines is 1. The zero-order chi connectivity index (χ0) is 22.5. The lowest BCUT2D eigenvalue weighted by Crippen LogP contribution is -2.46. The Morgan fingerprint density at radius 1 is 1.26 bits per heavy atom. The van der Waals surface area contributed by atoms with Crippen LogP contribution in [0.5, 0.6) is 5.75 Å². The summed E-state index contributed by atoms with van der Waals surface area (Å²) in [5.74, 6) is 0.827. The minimum Gasteiger partial charge on any atom is -0.491 e. The van der Waals surface area contributed by atoms with Crippen LogP contribution in [-0.4, -0.2) is 74.2 Å². The van der Waals surface area contributed by atoms with Gasteiger partial charge in [0.25, 0.3) is 5.91 Å². The van der Waals surface area contributed by atoms with Gasteiger partial charge in [0.1, 0.15) is 12.4 Å². The van der Waals surface area contributed by atoms with Gasteiger partial charge in [-0.1, -0.05) is 13.8 Å². The van der Waals surface area contributed by atoms with Crippen LogP contribution in [0.3, 0.4) is 0 Å². The average molecular weight is 432 g/mol. The van der Waals surface area contributed by atoms with E-state index in [9.17, 15) is 9.59 Å². The van der Waals surface area contributed by atoms with Crippen molar-refractivity contribution in [2.75, 3.05) is 45.7 Å². The van der Waals surface area contributed by atoms with Crippen LogP contribution in [0.2, 0.25) is 0 Å². The molecule has 2 amide bonds. The molecule has 3 rings (SSSR count). The maximum absolute atomic E-state index is 13.2. The van der Waals surface area contributed by atoms with Crippen molar-refractivity contribution in [3.8, 4) is 5.75 Å². The first-order chi connectivity index (χ1) is 14.8. The molecule has 0 saturated heterocycles. The Morgan fingerprint density at radius 2 is 2.00 bits per heavy atom. The number of methoxy groups -OCH3 is 1. The molecule has 7 heteroatoms. The van der Waals surface area contributed by atoms with E-state index in [0.717, 1.165) is 32.4 Å². The predicted octanol–water partition coefficient (Wildman–Crippen LogP) is 3.25. The largest absolute Gasteiger partial charge is 0.491 e. The quantitative estimate of drug-likeness (QED) is 0.775. The van der Waals surface area contributed by atoms with E-state index in [0.29, 0.717) is 30.2 Å². The Hall–Kier alpha value is -2.12. The first-order valence-electron chi connectivity index (χ1n) is 11.4.